The van der Waals surface area contributed by atoms with Crippen molar-refractivity contribution in [2.24, 2.45) is 0 Å². The monoisotopic (exact) mass is 308 g/mol. The molecule has 1 amide bonds. The average molecular weight is 308 g/mol. The molecule has 0 fully saturated rings. The van der Waals surface area contributed by atoms with Crippen LogP contribution >= 0.6 is 0 Å². The van der Waals surface area contributed by atoms with Crippen molar-refractivity contribution in [1.29, 1.82) is 5.26 Å². The van der Waals surface area contributed by atoms with Crippen LogP contribution in [0.1, 0.15) is 0 Å². The van der Waals surface area contributed by atoms with Crippen molar-refractivity contribution in [1.82, 2.24) is 0 Å². The maximum atomic E-state index is 12.1. The van der Waals surface area contributed by atoms with Gasteiger partial charge in [0, 0.05) is 23.3 Å². The lowest BCUT2D eigenvalue weighted by Crippen LogP contribution is -2.14. The maximum Gasteiger partial charge on any atom is 0.267 e. The summed E-state index contributed by atoms with van der Waals surface area (Å²) in [5, 5.41) is 14.7. The van der Waals surface area contributed by atoms with Gasteiger partial charge in [0.1, 0.15) is 17.4 Å². The molecular formula is C17H16N4O2. The number of benzene rings is 2. The Morgan fingerprint density at radius 3 is 2.30 bits per heavy atom. The molecular weight excluding hydrogens is 292 g/mol. The van der Waals surface area contributed by atoms with Gasteiger partial charge in [-0.25, -0.2) is 0 Å². The molecule has 0 aliphatic carbocycles. The number of anilines is 3. The lowest BCUT2D eigenvalue weighted by Gasteiger charge is -2.06. The summed E-state index contributed by atoms with van der Waals surface area (Å²) in [5.74, 6) is 0.185. The highest BCUT2D eigenvalue weighted by molar-refractivity contribution is 6.06. The number of hydrogen-bond donors (Lipinski definition) is 3. The third kappa shape index (κ3) is 4.51. The summed E-state index contributed by atoms with van der Waals surface area (Å²) in [6.45, 7) is 0. The van der Waals surface area contributed by atoms with Gasteiger partial charge in [-0.1, -0.05) is 0 Å². The number of rotatable bonds is 5. The van der Waals surface area contributed by atoms with Gasteiger partial charge >= 0.3 is 0 Å². The van der Waals surface area contributed by atoms with E-state index in [1.807, 2.05) is 6.07 Å². The van der Waals surface area contributed by atoms with E-state index in [2.05, 4.69) is 10.6 Å². The summed E-state index contributed by atoms with van der Waals surface area (Å²) in [6, 6.07) is 15.6. The third-order valence-electron chi connectivity index (χ3n) is 3.01. The normalized spacial score (nSPS) is 10.5. The van der Waals surface area contributed by atoms with Gasteiger partial charge in [-0.05, 0) is 48.5 Å². The van der Waals surface area contributed by atoms with E-state index in [4.69, 9.17) is 15.7 Å². The van der Waals surface area contributed by atoms with Gasteiger partial charge in [0.25, 0.3) is 5.91 Å². The number of methoxy groups -OCH3 is 1. The highest BCUT2D eigenvalue weighted by Gasteiger charge is 2.09. The fourth-order valence-corrected chi connectivity index (χ4v) is 1.76. The van der Waals surface area contributed by atoms with Crippen LogP contribution in [0.5, 0.6) is 5.75 Å². The largest absolute Gasteiger partial charge is 0.497 e. The van der Waals surface area contributed by atoms with Crippen LogP contribution in [-0.2, 0) is 4.79 Å². The van der Waals surface area contributed by atoms with Gasteiger partial charge in [-0.15, -0.1) is 0 Å². The predicted octanol–water partition coefficient (Wildman–Crippen LogP) is 2.74. The Hall–Kier alpha value is -3.46. The van der Waals surface area contributed by atoms with Gasteiger partial charge in [0.05, 0.1) is 7.11 Å². The van der Waals surface area contributed by atoms with Gasteiger partial charge in [-0.2, -0.15) is 5.26 Å². The molecule has 0 saturated heterocycles. The summed E-state index contributed by atoms with van der Waals surface area (Å²) < 4.78 is 5.04. The van der Waals surface area contributed by atoms with Crippen molar-refractivity contribution in [2.45, 2.75) is 0 Å². The number of nitriles is 1. The summed E-state index contributed by atoms with van der Waals surface area (Å²) in [4.78, 5) is 12.1. The van der Waals surface area contributed by atoms with Crippen LogP contribution in [-0.4, -0.2) is 13.0 Å². The molecule has 0 heterocycles. The summed E-state index contributed by atoms with van der Waals surface area (Å²) in [5.41, 5.74) is 7.49. The molecule has 0 aliphatic heterocycles. The second-order valence-electron chi connectivity index (χ2n) is 4.62. The number of carbonyl (C=O) groups excluding carboxylic acids is 1. The Bertz CT molecular complexity index is 744. The number of hydrogen-bond acceptors (Lipinski definition) is 5. The first kappa shape index (κ1) is 15.9. The molecule has 0 saturated carbocycles. The van der Waals surface area contributed by atoms with E-state index in [1.165, 1.54) is 6.20 Å². The second kappa shape index (κ2) is 7.52. The topological polar surface area (TPSA) is 100 Å². The fraction of sp³-hybridized carbons (Fsp3) is 0.0588. The Labute approximate surface area is 134 Å². The summed E-state index contributed by atoms with van der Waals surface area (Å²) >= 11 is 0. The first-order chi connectivity index (χ1) is 11.1. The van der Waals surface area contributed by atoms with E-state index in [-0.39, 0.29) is 5.57 Å². The minimum absolute atomic E-state index is 0.0438. The SMILES string of the molecule is COc1ccc(NC(=O)/C(C#N)=C\Nc2ccc(N)cc2)cc1. The van der Waals surface area contributed by atoms with Crippen LogP contribution in [0.25, 0.3) is 0 Å². The molecule has 0 unspecified atom stereocenters. The molecule has 0 radical (unpaired) electrons. The van der Waals surface area contributed by atoms with Crippen LogP contribution in [0.2, 0.25) is 0 Å². The fourth-order valence-electron chi connectivity index (χ4n) is 1.76. The first-order valence-electron chi connectivity index (χ1n) is 6.80. The maximum absolute atomic E-state index is 12.1. The zero-order chi connectivity index (χ0) is 16.7. The van der Waals surface area contributed by atoms with Crippen molar-refractivity contribution in [3.05, 3.63) is 60.3 Å². The van der Waals surface area contributed by atoms with E-state index < -0.39 is 5.91 Å². The van der Waals surface area contributed by atoms with Crippen molar-refractivity contribution in [3.8, 4) is 11.8 Å². The minimum Gasteiger partial charge on any atom is -0.497 e. The molecule has 0 bridgehead atoms. The molecule has 6 heteroatoms. The third-order valence-corrected chi connectivity index (χ3v) is 3.01. The Balaban J connectivity index is 2.03. The van der Waals surface area contributed by atoms with Gasteiger partial charge < -0.3 is 21.1 Å². The Morgan fingerprint density at radius 1 is 1.13 bits per heavy atom. The molecule has 2 aromatic rings. The van der Waals surface area contributed by atoms with Crippen LogP contribution in [0, 0.1) is 11.3 Å². The molecule has 4 N–H and O–H groups in total. The van der Waals surface area contributed by atoms with Gasteiger partial charge in [-0.3, -0.25) is 4.79 Å². The molecule has 23 heavy (non-hydrogen) atoms. The standard InChI is InChI=1S/C17H16N4O2/c1-23-16-8-6-15(7-9-16)21-17(22)12(10-18)11-20-14-4-2-13(19)3-5-14/h2-9,11,20H,19H2,1H3,(H,21,22)/b12-11-. The van der Waals surface area contributed by atoms with Crippen molar-refractivity contribution in [2.75, 3.05) is 23.5 Å². The Morgan fingerprint density at radius 2 is 1.74 bits per heavy atom. The van der Waals surface area contributed by atoms with E-state index in [0.29, 0.717) is 17.1 Å². The number of ether oxygens (including phenoxy) is 1. The van der Waals surface area contributed by atoms with Crippen LogP contribution in [0.4, 0.5) is 17.1 Å². The van der Waals surface area contributed by atoms with Crippen molar-refractivity contribution < 1.29 is 9.53 Å². The highest BCUT2D eigenvalue weighted by atomic mass is 16.5. The van der Waals surface area contributed by atoms with Crippen LogP contribution in [0.15, 0.2) is 60.3 Å². The molecule has 0 atom stereocenters. The minimum atomic E-state index is -0.499. The number of nitrogens with one attached hydrogen (secondary N) is 2. The van der Waals surface area contributed by atoms with Gasteiger partial charge in [0.2, 0.25) is 0 Å². The van der Waals surface area contributed by atoms with E-state index in [9.17, 15) is 4.79 Å². The number of nitrogen functional groups attached to an aromatic ring is 1. The molecule has 116 valence electrons. The second-order valence-corrected chi connectivity index (χ2v) is 4.62. The molecule has 0 aromatic heterocycles. The number of amides is 1. The zero-order valence-electron chi connectivity index (χ0n) is 12.5. The van der Waals surface area contributed by atoms with E-state index in [0.717, 1.165) is 5.69 Å². The summed E-state index contributed by atoms with van der Waals surface area (Å²) in [6.07, 6.45) is 1.35. The Kier molecular flexibility index (Phi) is 5.21. The molecule has 2 aromatic carbocycles. The van der Waals surface area contributed by atoms with Crippen LogP contribution in [0.3, 0.4) is 0 Å². The van der Waals surface area contributed by atoms with Crippen LogP contribution < -0.4 is 21.1 Å². The van der Waals surface area contributed by atoms with E-state index >= 15 is 0 Å². The van der Waals surface area contributed by atoms with E-state index in [1.54, 1.807) is 55.6 Å². The molecule has 0 aliphatic rings. The molecule has 6 nitrogen and oxygen atoms in total. The predicted molar refractivity (Wildman–Crippen MR) is 89.8 cm³/mol. The van der Waals surface area contributed by atoms with Gasteiger partial charge in [0.15, 0.2) is 0 Å². The highest BCUT2D eigenvalue weighted by Crippen LogP contribution is 2.16. The average Bonchev–Trinajstić information content (AvgIpc) is 2.58. The number of nitrogens with two attached hydrogens (primary N) is 1. The number of nitrogens with zero attached hydrogens (tertiary/aromatic N) is 1. The van der Waals surface area contributed by atoms with Crippen molar-refractivity contribution >= 4 is 23.0 Å². The zero-order valence-corrected chi connectivity index (χ0v) is 12.5. The van der Waals surface area contributed by atoms with Crippen molar-refractivity contribution in [3.63, 3.8) is 0 Å². The molecule has 0 spiro atoms. The smallest absolute Gasteiger partial charge is 0.267 e. The lowest BCUT2D eigenvalue weighted by molar-refractivity contribution is -0.112. The molecule has 2 rings (SSSR count). The summed E-state index contributed by atoms with van der Waals surface area (Å²) in [7, 11) is 1.56. The quantitative estimate of drug-likeness (QED) is 0.448. The first-order valence-corrected chi connectivity index (χ1v) is 6.80. The number of carbonyl (C=O) groups is 1. The lowest BCUT2D eigenvalue weighted by atomic mass is 10.2.